The van der Waals surface area contributed by atoms with E-state index in [0.29, 0.717) is 6.42 Å². The van der Waals surface area contributed by atoms with Crippen molar-refractivity contribution in [1.29, 1.82) is 0 Å². The molecule has 2 aromatic carbocycles. The number of nitrogens with two attached hydrogens (primary N) is 1. The largest absolute Gasteiger partial charge is 0.364 e. The lowest BCUT2D eigenvalue weighted by Crippen LogP contribution is -2.14. The summed E-state index contributed by atoms with van der Waals surface area (Å²) in [6, 6.07) is 12.2. The third-order valence-electron chi connectivity index (χ3n) is 6.50. The van der Waals surface area contributed by atoms with E-state index < -0.39 is 5.91 Å². The summed E-state index contributed by atoms with van der Waals surface area (Å²) in [6.07, 6.45) is 2.42. The van der Waals surface area contributed by atoms with Crippen molar-refractivity contribution in [2.45, 2.75) is 40.0 Å². The number of primary amides is 1. The highest BCUT2D eigenvalue weighted by Crippen LogP contribution is 2.43. The molecule has 1 amide bonds. The molecule has 0 aliphatic rings. The minimum absolute atomic E-state index is 0.0998. The average molecular weight is 468 g/mol. The van der Waals surface area contributed by atoms with Gasteiger partial charge in [0.1, 0.15) is 11.5 Å². The topological polar surface area (TPSA) is 97.5 Å². The molecule has 35 heavy (non-hydrogen) atoms. The molecule has 0 bridgehead atoms. The third-order valence-corrected chi connectivity index (χ3v) is 6.50. The minimum Gasteiger partial charge on any atom is -0.364 e. The first-order chi connectivity index (χ1) is 16.8. The molecule has 0 saturated carbocycles. The molecule has 5 aromatic rings. The number of aromatic nitrogens is 4. The zero-order valence-electron chi connectivity index (χ0n) is 20.1. The van der Waals surface area contributed by atoms with Gasteiger partial charge in [-0.1, -0.05) is 32.9 Å². The van der Waals surface area contributed by atoms with Gasteiger partial charge in [-0.05, 0) is 66.3 Å². The number of nitrogens with one attached hydrogen (secondary N) is 1. The second-order valence-corrected chi connectivity index (χ2v) is 9.05. The van der Waals surface area contributed by atoms with E-state index in [1.54, 1.807) is 12.3 Å². The van der Waals surface area contributed by atoms with Gasteiger partial charge in [-0.3, -0.25) is 9.89 Å². The van der Waals surface area contributed by atoms with Crippen molar-refractivity contribution < 1.29 is 9.18 Å². The van der Waals surface area contributed by atoms with Gasteiger partial charge in [-0.2, -0.15) is 5.10 Å². The molecule has 0 radical (unpaired) electrons. The van der Waals surface area contributed by atoms with Gasteiger partial charge in [0.25, 0.3) is 5.91 Å². The molecular weight excluding hydrogens is 441 g/mol. The van der Waals surface area contributed by atoms with Gasteiger partial charge >= 0.3 is 0 Å². The van der Waals surface area contributed by atoms with Crippen LogP contribution in [0.5, 0.6) is 0 Å². The van der Waals surface area contributed by atoms with Gasteiger partial charge in [0.2, 0.25) is 0 Å². The number of fused-ring (bicyclic) bond motifs is 2. The standard InChI is InChI=1S/C28H26FN5O/c1-5-21-19(10-11-22(32-21)28(30)35)27-23(14(2)3)24(16-6-8-18(29)9-7-16)20-12-17-13-31-34-25(17)15(4)26(20)33-27/h6-14H,5H2,1-4H3,(H2,30,35)(H,31,34). The average Bonchev–Trinajstić information content (AvgIpc) is 3.32. The number of hydrogen-bond acceptors (Lipinski definition) is 4. The van der Waals surface area contributed by atoms with Gasteiger partial charge in [-0.15, -0.1) is 0 Å². The Morgan fingerprint density at radius 3 is 2.51 bits per heavy atom. The number of aryl methyl sites for hydroxylation is 2. The van der Waals surface area contributed by atoms with Gasteiger partial charge < -0.3 is 5.73 Å². The minimum atomic E-state index is -0.564. The predicted octanol–water partition coefficient (Wildman–Crippen LogP) is 6.07. The number of H-pyrrole nitrogens is 1. The van der Waals surface area contributed by atoms with Crippen LogP contribution in [-0.4, -0.2) is 26.1 Å². The van der Waals surface area contributed by atoms with Crippen LogP contribution < -0.4 is 5.73 Å². The van der Waals surface area contributed by atoms with Crippen molar-refractivity contribution in [2.24, 2.45) is 5.73 Å². The van der Waals surface area contributed by atoms with E-state index in [1.165, 1.54) is 12.1 Å². The van der Waals surface area contributed by atoms with E-state index >= 15 is 0 Å². The fourth-order valence-corrected chi connectivity index (χ4v) is 4.84. The van der Waals surface area contributed by atoms with Crippen LogP contribution in [0.1, 0.15) is 54.0 Å². The highest BCUT2D eigenvalue weighted by Gasteiger charge is 2.24. The van der Waals surface area contributed by atoms with Crippen LogP contribution in [0.2, 0.25) is 0 Å². The highest BCUT2D eigenvalue weighted by atomic mass is 19.1. The molecule has 176 valence electrons. The van der Waals surface area contributed by atoms with Crippen molar-refractivity contribution in [3.63, 3.8) is 0 Å². The van der Waals surface area contributed by atoms with Crippen LogP contribution in [0.15, 0.2) is 48.7 Å². The van der Waals surface area contributed by atoms with E-state index in [2.05, 4.69) is 35.1 Å². The van der Waals surface area contributed by atoms with Crippen LogP contribution in [0.3, 0.4) is 0 Å². The van der Waals surface area contributed by atoms with Crippen LogP contribution in [-0.2, 0) is 6.42 Å². The fourth-order valence-electron chi connectivity index (χ4n) is 4.84. The second kappa shape index (κ2) is 8.58. The SMILES string of the molecule is CCc1nc(C(N)=O)ccc1-c1nc2c(C)c3[nH]ncc3cc2c(-c2ccc(F)cc2)c1C(C)C. The Hall–Kier alpha value is -4.13. The summed E-state index contributed by atoms with van der Waals surface area (Å²) in [4.78, 5) is 21.5. The molecule has 0 unspecified atom stereocenters. The normalized spacial score (nSPS) is 11.6. The molecule has 0 aliphatic heterocycles. The zero-order valence-corrected chi connectivity index (χ0v) is 20.1. The Kier molecular flexibility index (Phi) is 5.55. The Bertz CT molecular complexity index is 1600. The maximum atomic E-state index is 13.9. The number of nitrogens with zero attached hydrogens (tertiary/aromatic N) is 3. The molecule has 0 fully saturated rings. The molecule has 0 saturated heterocycles. The Labute approximate surface area is 202 Å². The Morgan fingerprint density at radius 2 is 1.86 bits per heavy atom. The third kappa shape index (κ3) is 3.73. The number of carbonyl (C=O) groups excluding carboxylic acids is 1. The molecule has 0 spiro atoms. The number of aromatic amines is 1. The predicted molar refractivity (Wildman–Crippen MR) is 137 cm³/mol. The van der Waals surface area contributed by atoms with E-state index in [0.717, 1.165) is 61.0 Å². The summed E-state index contributed by atoms with van der Waals surface area (Å²) in [5.41, 5.74) is 13.8. The summed E-state index contributed by atoms with van der Waals surface area (Å²) < 4.78 is 13.9. The van der Waals surface area contributed by atoms with Gasteiger partial charge in [-0.25, -0.2) is 14.4 Å². The lowest BCUT2D eigenvalue weighted by molar-refractivity contribution is 0.0995. The zero-order chi connectivity index (χ0) is 24.9. The Morgan fingerprint density at radius 1 is 1.11 bits per heavy atom. The summed E-state index contributed by atoms with van der Waals surface area (Å²) in [7, 11) is 0. The monoisotopic (exact) mass is 467 g/mol. The first-order valence-electron chi connectivity index (χ1n) is 11.7. The van der Waals surface area contributed by atoms with Gasteiger partial charge in [0.05, 0.1) is 28.6 Å². The molecule has 0 atom stereocenters. The second-order valence-electron chi connectivity index (χ2n) is 9.05. The molecule has 5 rings (SSSR count). The number of amides is 1. The first-order valence-corrected chi connectivity index (χ1v) is 11.7. The van der Waals surface area contributed by atoms with E-state index in [1.807, 2.05) is 32.0 Å². The molecule has 3 N–H and O–H groups in total. The summed E-state index contributed by atoms with van der Waals surface area (Å²) >= 11 is 0. The van der Waals surface area contributed by atoms with Crippen molar-refractivity contribution in [1.82, 2.24) is 20.2 Å². The number of halogens is 1. The van der Waals surface area contributed by atoms with Crippen LogP contribution in [0.25, 0.3) is 44.2 Å². The number of hydrogen-bond donors (Lipinski definition) is 2. The summed E-state index contributed by atoms with van der Waals surface area (Å²) in [6.45, 7) is 8.27. The smallest absolute Gasteiger partial charge is 0.267 e. The quantitative estimate of drug-likeness (QED) is 0.328. The maximum absolute atomic E-state index is 13.9. The van der Waals surface area contributed by atoms with Crippen LogP contribution in [0, 0.1) is 12.7 Å². The van der Waals surface area contributed by atoms with Gasteiger partial charge in [0, 0.05) is 21.9 Å². The van der Waals surface area contributed by atoms with Crippen molar-refractivity contribution in [3.8, 4) is 22.4 Å². The lowest BCUT2D eigenvalue weighted by atomic mass is 9.85. The summed E-state index contributed by atoms with van der Waals surface area (Å²) in [5.74, 6) is -0.750. The summed E-state index contributed by atoms with van der Waals surface area (Å²) in [5, 5.41) is 9.29. The Balaban J connectivity index is 1.97. The molecular formula is C28H26FN5O. The maximum Gasteiger partial charge on any atom is 0.267 e. The molecule has 3 aromatic heterocycles. The van der Waals surface area contributed by atoms with E-state index in [4.69, 9.17) is 10.7 Å². The number of pyridine rings is 2. The van der Waals surface area contributed by atoms with E-state index in [-0.39, 0.29) is 17.4 Å². The van der Waals surface area contributed by atoms with Crippen molar-refractivity contribution >= 4 is 27.7 Å². The van der Waals surface area contributed by atoms with Crippen molar-refractivity contribution in [2.75, 3.05) is 0 Å². The fraction of sp³-hybridized carbons (Fsp3) is 0.214. The van der Waals surface area contributed by atoms with Crippen LogP contribution >= 0.6 is 0 Å². The number of rotatable bonds is 5. The number of carbonyl (C=O) groups is 1. The first kappa shape index (κ1) is 22.7. The molecule has 0 aliphatic carbocycles. The molecule has 7 heteroatoms. The number of benzene rings is 2. The van der Waals surface area contributed by atoms with E-state index in [9.17, 15) is 9.18 Å². The molecule has 6 nitrogen and oxygen atoms in total. The lowest BCUT2D eigenvalue weighted by Gasteiger charge is -2.22. The van der Waals surface area contributed by atoms with Crippen molar-refractivity contribution in [3.05, 3.63) is 77.0 Å². The van der Waals surface area contributed by atoms with Crippen LogP contribution in [0.4, 0.5) is 4.39 Å². The van der Waals surface area contributed by atoms with Gasteiger partial charge in [0.15, 0.2) is 0 Å². The highest BCUT2D eigenvalue weighted by molar-refractivity contribution is 6.07. The molecule has 3 heterocycles.